The van der Waals surface area contributed by atoms with Gasteiger partial charge in [-0.1, -0.05) is 88.1 Å². The van der Waals surface area contributed by atoms with Gasteiger partial charge in [0.15, 0.2) is 22.8 Å². The van der Waals surface area contributed by atoms with Crippen molar-refractivity contribution in [2.45, 2.75) is 83.7 Å². The zero-order chi connectivity index (χ0) is 34.4. The van der Waals surface area contributed by atoms with Crippen LogP contribution in [0.2, 0.25) is 0 Å². The average molecular weight is 671 g/mol. The molecular formula is C41H50O8. The molecule has 0 atom stereocenters. The van der Waals surface area contributed by atoms with Crippen molar-refractivity contribution in [2.75, 3.05) is 35.0 Å². The minimum absolute atomic E-state index is 0.0910. The number of fused-ring (bicyclic) bond motifs is 3. The summed E-state index contributed by atoms with van der Waals surface area (Å²) in [5, 5.41) is 1.08. The van der Waals surface area contributed by atoms with Crippen molar-refractivity contribution >= 4 is 21.9 Å². The molecule has 262 valence electrons. The maximum Gasteiger partial charge on any atom is 0.239 e. The number of unbranched alkanes of at least 4 members (excludes halogenated alkanes) is 10. The predicted molar refractivity (Wildman–Crippen MR) is 194 cm³/mol. The van der Waals surface area contributed by atoms with Gasteiger partial charge >= 0.3 is 0 Å². The Kier molecular flexibility index (Phi) is 13.4. The fourth-order valence-corrected chi connectivity index (χ4v) is 6.36. The molecule has 0 radical (unpaired) electrons. The quantitative estimate of drug-likeness (QED) is 0.0713. The molecule has 0 aliphatic heterocycles. The summed E-state index contributed by atoms with van der Waals surface area (Å²) < 4.78 is 40.5. The number of aryl methyl sites for hydroxylation is 1. The average Bonchev–Trinajstić information content (AvgIpc) is 3.56. The molecule has 2 heterocycles. The molecule has 3 aromatic carbocycles. The predicted octanol–water partition coefficient (Wildman–Crippen LogP) is 10.3. The molecule has 5 rings (SSSR count). The molecule has 0 N–H and O–H groups in total. The smallest absolute Gasteiger partial charge is 0.239 e. The highest BCUT2D eigenvalue weighted by atomic mass is 16.5. The minimum Gasteiger partial charge on any atom is -0.496 e. The molecule has 8 heteroatoms. The monoisotopic (exact) mass is 670 g/mol. The molecular weight excluding hydrogens is 620 g/mol. The fourth-order valence-electron chi connectivity index (χ4n) is 6.36. The van der Waals surface area contributed by atoms with E-state index < -0.39 is 0 Å². The van der Waals surface area contributed by atoms with Crippen LogP contribution in [0.15, 0.2) is 74.3 Å². The third-order valence-electron chi connectivity index (χ3n) is 9.03. The summed E-state index contributed by atoms with van der Waals surface area (Å²) in [6, 6.07) is 19.4. The van der Waals surface area contributed by atoms with E-state index in [1.165, 1.54) is 64.0 Å². The van der Waals surface area contributed by atoms with Crippen LogP contribution in [0.1, 0.15) is 82.0 Å². The van der Waals surface area contributed by atoms with Gasteiger partial charge in [-0.25, -0.2) is 0 Å². The highest BCUT2D eigenvalue weighted by molar-refractivity contribution is 6.06. The van der Waals surface area contributed by atoms with Crippen molar-refractivity contribution in [2.24, 2.45) is 0 Å². The Morgan fingerprint density at radius 3 is 1.92 bits per heavy atom. The zero-order valence-corrected chi connectivity index (χ0v) is 29.4. The van der Waals surface area contributed by atoms with Crippen molar-refractivity contribution in [3.05, 3.63) is 82.2 Å². The van der Waals surface area contributed by atoms with Gasteiger partial charge in [0.05, 0.1) is 40.4 Å². The van der Waals surface area contributed by atoms with Crippen LogP contribution < -0.4 is 24.4 Å². The Hall–Kier alpha value is -4.43. The lowest BCUT2D eigenvalue weighted by Gasteiger charge is -2.13. The lowest BCUT2D eigenvalue weighted by molar-refractivity contribution is 0.116. The van der Waals surface area contributed by atoms with Crippen LogP contribution in [0.3, 0.4) is 0 Å². The molecule has 0 aliphatic rings. The number of ether oxygens (including phenoxy) is 5. The van der Waals surface area contributed by atoms with Gasteiger partial charge in [-0.05, 0) is 42.7 Å². The third kappa shape index (κ3) is 9.18. The second-order valence-corrected chi connectivity index (χ2v) is 12.4. The molecule has 0 bridgehead atoms. The standard InChI is InChI=1S/C41H50O8/c1-43-33-23-22-30(25-35(33)45-3)39-41(46-4)38(42)37-36(49-39)27-34(44-2)32-26-31(48-40(32)37)21-17-12-10-8-6-5-7-9-11-13-18-24-47-28-29-19-15-14-16-20-29/h14-16,19-20,22-23,25-27H,5-13,17-18,21,24,28H2,1-4H3. The first-order valence-corrected chi connectivity index (χ1v) is 17.6. The summed E-state index contributed by atoms with van der Waals surface area (Å²) in [5.74, 6) is 2.87. The van der Waals surface area contributed by atoms with E-state index in [1.807, 2.05) is 12.1 Å². The Balaban J connectivity index is 1.09. The van der Waals surface area contributed by atoms with Crippen molar-refractivity contribution in [1.29, 1.82) is 0 Å². The molecule has 5 aromatic rings. The van der Waals surface area contributed by atoms with Gasteiger partial charge < -0.3 is 32.5 Å². The van der Waals surface area contributed by atoms with Crippen molar-refractivity contribution < 1.29 is 32.5 Å². The highest BCUT2D eigenvalue weighted by Crippen LogP contribution is 2.40. The van der Waals surface area contributed by atoms with Crippen LogP contribution in [0.5, 0.6) is 23.0 Å². The molecule has 0 fully saturated rings. The first kappa shape index (κ1) is 35.9. The number of hydrogen-bond donors (Lipinski definition) is 0. The maximum atomic E-state index is 13.8. The molecule has 0 unspecified atom stereocenters. The minimum atomic E-state index is -0.310. The number of hydrogen-bond acceptors (Lipinski definition) is 8. The van der Waals surface area contributed by atoms with E-state index in [2.05, 4.69) is 24.3 Å². The van der Waals surface area contributed by atoms with Gasteiger partial charge in [0.1, 0.15) is 22.5 Å². The van der Waals surface area contributed by atoms with Crippen LogP contribution in [0.4, 0.5) is 0 Å². The molecule has 49 heavy (non-hydrogen) atoms. The zero-order valence-electron chi connectivity index (χ0n) is 29.4. The molecule has 0 aliphatic carbocycles. The SMILES string of the molecule is COc1ccc(-c2oc3cc(OC)c4cc(CCCCCCCCCCCCCOCc5ccccc5)oc4c3c(=O)c2OC)cc1OC. The molecule has 0 amide bonds. The van der Waals surface area contributed by atoms with Crippen molar-refractivity contribution in [3.8, 4) is 34.3 Å². The van der Waals surface area contributed by atoms with E-state index in [-0.39, 0.29) is 16.9 Å². The first-order valence-electron chi connectivity index (χ1n) is 17.6. The van der Waals surface area contributed by atoms with Crippen molar-refractivity contribution in [1.82, 2.24) is 0 Å². The maximum absolute atomic E-state index is 13.8. The lowest BCUT2D eigenvalue weighted by Crippen LogP contribution is -2.08. The summed E-state index contributed by atoms with van der Waals surface area (Å²) in [6.45, 7) is 1.56. The molecule has 0 spiro atoms. The van der Waals surface area contributed by atoms with Crippen LogP contribution >= 0.6 is 0 Å². The lowest BCUT2D eigenvalue weighted by atomic mass is 10.0. The van der Waals surface area contributed by atoms with Gasteiger partial charge in [-0.3, -0.25) is 4.79 Å². The Morgan fingerprint density at radius 2 is 1.27 bits per heavy atom. The van der Waals surface area contributed by atoms with Gasteiger partial charge in [0.2, 0.25) is 11.2 Å². The van der Waals surface area contributed by atoms with Gasteiger partial charge in [-0.2, -0.15) is 0 Å². The Labute approximate surface area is 289 Å². The van der Waals surface area contributed by atoms with Gasteiger partial charge in [-0.15, -0.1) is 0 Å². The highest BCUT2D eigenvalue weighted by Gasteiger charge is 2.24. The van der Waals surface area contributed by atoms with Crippen molar-refractivity contribution in [3.63, 3.8) is 0 Å². The van der Waals surface area contributed by atoms with Crippen LogP contribution in [-0.4, -0.2) is 35.0 Å². The second-order valence-electron chi connectivity index (χ2n) is 12.4. The van der Waals surface area contributed by atoms with E-state index >= 15 is 0 Å². The van der Waals surface area contributed by atoms with Gasteiger partial charge in [0.25, 0.3) is 0 Å². The van der Waals surface area contributed by atoms with E-state index in [9.17, 15) is 4.79 Å². The molecule has 8 nitrogen and oxygen atoms in total. The number of methoxy groups -OCH3 is 4. The summed E-state index contributed by atoms with van der Waals surface area (Å²) in [6.07, 6.45) is 14.3. The molecule has 2 aromatic heterocycles. The normalized spacial score (nSPS) is 11.3. The summed E-state index contributed by atoms with van der Waals surface area (Å²) in [5.41, 5.74) is 2.36. The van der Waals surface area contributed by atoms with Crippen LogP contribution in [0, 0.1) is 0 Å². The first-order chi connectivity index (χ1) is 24.1. The Bertz CT molecular complexity index is 1820. The van der Waals surface area contributed by atoms with E-state index in [1.54, 1.807) is 45.6 Å². The van der Waals surface area contributed by atoms with E-state index in [0.29, 0.717) is 46.0 Å². The summed E-state index contributed by atoms with van der Waals surface area (Å²) in [7, 11) is 6.19. The molecule has 0 saturated carbocycles. The van der Waals surface area contributed by atoms with Crippen LogP contribution in [-0.2, 0) is 17.8 Å². The number of rotatable bonds is 21. The van der Waals surface area contributed by atoms with E-state index in [4.69, 9.17) is 32.5 Å². The third-order valence-corrected chi connectivity index (χ3v) is 9.03. The van der Waals surface area contributed by atoms with Crippen LogP contribution in [0.25, 0.3) is 33.3 Å². The molecule has 0 saturated heterocycles. The Morgan fingerprint density at radius 1 is 0.612 bits per heavy atom. The summed E-state index contributed by atoms with van der Waals surface area (Å²) in [4.78, 5) is 13.8. The van der Waals surface area contributed by atoms with E-state index in [0.717, 1.165) is 43.4 Å². The topological polar surface area (TPSA) is 89.5 Å². The number of furan rings is 1. The fraction of sp³-hybridized carbons (Fsp3) is 0.439. The largest absolute Gasteiger partial charge is 0.496 e. The number of benzene rings is 3. The summed E-state index contributed by atoms with van der Waals surface area (Å²) >= 11 is 0. The second kappa shape index (κ2) is 18.4. The van der Waals surface area contributed by atoms with Gasteiger partial charge in [0, 0.05) is 24.7 Å².